The molecule has 5 rings (SSSR count). The Morgan fingerprint density at radius 3 is 2.70 bits per heavy atom. The van der Waals surface area contributed by atoms with Crippen LogP contribution in [0.2, 0.25) is 0 Å². The molecule has 7 heteroatoms. The monoisotopic (exact) mass is 398 g/mol. The lowest BCUT2D eigenvalue weighted by atomic mass is 9.91. The van der Waals surface area contributed by atoms with Crippen LogP contribution in [0.1, 0.15) is 22.9 Å². The number of benzene rings is 2. The first kappa shape index (κ1) is 18.2. The molecule has 1 unspecified atom stereocenters. The molecular weight excluding hydrogens is 376 g/mol. The summed E-state index contributed by atoms with van der Waals surface area (Å²) in [5.41, 5.74) is 4.31. The molecule has 2 N–H and O–H groups in total. The molecule has 0 saturated heterocycles. The quantitative estimate of drug-likeness (QED) is 0.449. The zero-order valence-electron chi connectivity index (χ0n) is 16.8. The van der Waals surface area contributed by atoms with Crippen molar-refractivity contribution in [3.05, 3.63) is 83.8 Å². The fourth-order valence-corrected chi connectivity index (χ4v) is 3.82. The van der Waals surface area contributed by atoms with Crippen LogP contribution in [0.5, 0.6) is 5.75 Å². The van der Waals surface area contributed by atoms with Gasteiger partial charge in [0.15, 0.2) is 11.5 Å². The second kappa shape index (κ2) is 7.51. The fourth-order valence-electron chi connectivity index (χ4n) is 3.82. The van der Waals surface area contributed by atoms with Gasteiger partial charge >= 0.3 is 0 Å². The third kappa shape index (κ3) is 3.24. The van der Waals surface area contributed by atoms with Gasteiger partial charge in [0.2, 0.25) is 0 Å². The minimum atomic E-state index is 0.131. The van der Waals surface area contributed by atoms with E-state index in [-0.39, 0.29) is 5.92 Å². The minimum absolute atomic E-state index is 0.131. The topological polar surface area (TPSA) is 80.1 Å². The number of hydrogen-bond acceptors (Lipinski definition) is 5. The number of H-pyrrole nitrogens is 1. The number of aromatic nitrogens is 5. The third-order valence-corrected chi connectivity index (χ3v) is 5.42. The van der Waals surface area contributed by atoms with Gasteiger partial charge in [0.1, 0.15) is 11.6 Å². The molecule has 30 heavy (non-hydrogen) atoms. The molecule has 0 fully saturated rings. The standard InChI is InChI=1S/C23H22N6O/c1-15-26-27-23-12-11-22(28-29(15)23)25-13-19(16-7-9-17(30-2)10-8-16)20-14-24-21-6-4-3-5-18(20)21/h3-12,14,19,24H,13H2,1-2H3,(H,25,28). The molecule has 0 aliphatic carbocycles. The van der Waals surface area contributed by atoms with Gasteiger partial charge in [-0.2, -0.15) is 4.52 Å². The Labute approximate surface area is 173 Å². The largest absolute Gasteiger partial charge is 0.497 e. The molecule has 3 aromatic heterocycles. The zero-order valence-corrected chi connectivity index (χ0v) is 16.8. The maximum Gasteiger partial charge on any atom is 0.178 e. The van der Waals surface area contributed by atoms with Crippen molar-refractivity contribution in [3.63, 3.8) is 0 Å². The predicted octanol–water partition coefficient (Wildman–Crippen LogP) is 4.17. The van der Waals surface area contributed by atoms with Crippen LogP contribution >= 0.6 is 0 Å². The molecule has 0 aliphatic heterocycles. The van der Waals surface area contributed by atoms with Gasteiger partial charge in [-0.25, -0.2) is 0 Å². The van der Waals surface area contributed by atoms with Gasteiger partial charge in [-0.1, -0.05) is 30.3 Å². The fraction of sp³-hybridized carbons (Fsp3) is 0.174. The molecule has 0 bridgehead atoms. The first-order valence-electron chi connectivity index (χ1n) is 9.86. The van der Waals surface area contributed by atoms with Crippen molar-refractivity contribution in [1.82, 2.24) is 24.8 Å². The number of aryl methyl sites for hydroxylation is 1. The number of para-hydroxylation sites is 1. The summed E-state index contributed by atoms with van der Waals surface area (Å²) in [6.45, 7) is 2.58. The molecule has 0 radical (unpaired) electrons. The van der Waals surface area contributed by atoms with Crippen LogP contribution in [0, 0.1) is 6.92 Å². The van der Waals surface area contributed by atoms with Gasteiger partial charge in [-0.3, -0.25) is 0 Å². The van der Waals surface area contributed by atoms with Gasteiger partial charge in [-0.15, -0.1) is 15.3 Å². The number of hydrogen-bond donors (Lipinski definition) is 2. The minimum Gasteiger partial charge on any atom is -0.497 e. The number of fused-ring (bicyclic) bond motifs is 2. The van der Waals surface area contributed by atoms with Crippen molar-refractivity contribution in [1.29, 1.82) is 0 Å². The van der Waals surface area contributed by atoms with Gasteiger partial charge in [-0.05, 0) is 48.4 Å². The Balaban J connectivity index is 1.50. The van der Waals surface area contributed by atoms with Gasteiger partial charge in [0.05, 0.1) is 7.11 Å². The lowest BCUT2D eigenvalue weighted by Crippen LogP contribution is -2.15. The Morgan fingerprint density at radius 1 is 1.03 bits per heavy atom. The molecule has 150 valence electrons. The van der Waals surface area contributed by atoms with Crippen molar-refractivity contribution in [3.8, 4) is 5.75 Å². The van der Waals surface area contributed by atoms with Gasteiger partial charge in [0, 0.05) is 29.6 Å². The number of nitrogens with one attached hydrogen (secondary N) is 2. The van der Waals surface area contributed by atoms with E-state index in [2.05, 4.69) is 62.1 Å². The van der Waals surface area contributed by atoms with E-state index in [1.54, 1.807) is 11.6 Å². The molecule has 0 saturated carbocycles. The molecule has 2 aromatic carbocycles. The van der Waals surface area contributed by atoms with E-state index in [1.165, 1.54) is 16.5 Å². The maximum absolute atomic E-state index is 5.34. The van der Waals surface area contributed by atoms with Crippen LogP contribution in [0.3, 0.4) is 0 Å². The Morgan fingerprint density at radius 2 is 1.87 bits per heavy atom. The van der Waals surface area contributed by atoms with Crippen molar-refractivity contribution in [2.45, 2.75) is 12.8 Å². The second-order valence-electron chi connectivity index (χ2n) is 7.23. The average molecular weight is 398 g/mol. The van der Waals surface area contributed by atoms with Crippen LogP contribution in [0.25, 0.3) is 16.6 Å². The van der Waals surface area contributed by atoms with Crippen LogP contribution in [-0.2, 0) is 0 Å². The molecule has 7 nitrogen and oxygen atoms in total. The van der Waals surface area contributed by atoms with Crippen LogP contribution < -0.4 is 10.1 Å². The molecule has 0 amide bonds. The SMILES string of the molecule is COc1ccc(C(CNc2ccc3nnc(C)n3n2)c2c[nH]c3ccccc23)cc1. The summed E-state index contributed by atoms with van der Waals surface area (Å²) in [4.78, 5) is 3.40. The van der Waals surface area contributed by atoms with Crippen molar-refractivity contribution < 1.29 is 4.74 Å². The smallest absolute Gasteiger partial charge is 0.178 e. The van der Waals surface area contributed by atoms with Crippen molar-refractivity contribution in [2.24, 2.45) is 0 Å². The van der Waals surface area contributed by atoms with Crippen LogP contribution in [-0.4, -0.2) is 38.4 Å². The molecule has 0 spiro atoms. The Kier molecular flexibility index (Phi) is 4.55. The maximum atomic E-state index is 5.34. The number of nitrogens with zero attached hydrogens (tertiary/aromatic N) is 4. The summed E-state index contributed by atoms with van der Waals surface area (Å²) in [5.74, 6) is 2.52. The van der Waals surface area contributed by atoms with Crippen molar-refractivity contribution >= 4 is 22.4 Å². The second-order valence-corrected chi connectivity index (χ2v) is 7.23. The van der Waals surface area contributed by atoms with E-state index in [0.717, 1.165) is 28.6 Å². The predicted molar refractivity (Wildman–Crippen MR) is 117 cm³/mol. The number of aromatic amines is 1. The van der Waals surface area contributed by atoms with E-state index in [4.69, 9.17) is 4.74 Å². The molecule has 5 aromatic rings. The summed E-state index contributed by atoms with van der Waals surface area (Å²) < 4.78 is 7.08. The number of ether oxygens (including phenoxy) is 1. The van der Waals surface area contributed by atoms with E-state index < -0.39 is 0 Å². The summed E-state index contributed by atoms with van der Waals surface area (Å²) in [6.07, 6.45) is 2.10. The lowest BCUT2D eigenvalue weighted by Gasteiger charge is -2.19. The normalized spacial score (nSPS) is 12.3. The van der Waals surface area contributed by atoms with E-state index >= 15 is 0 Å². The third-order valence-electron chi connectivity index (χ3n) is 5.42. The highest BCUT2D eigenvalue weighted by molar-refractivity contribution is 5.84. The van der Waals surface area contributed by atoms with Gasteiger partial charge < -0.3 is 15.0 Å². The molecule has 3 heterocycles. The molecule has 0 aliphatic rings. The summed E-state index contributed by atoms with van der Waals surface area (Å²) >= 11 is 0. The highest BCUT2D eigenvalue weighted by atomic mass is 16.5. The number of anilines is 1. The first-order valence-corrected chi connectivity index (χ1v) is 9.86. The Hall–Kier alpha value is -3.87. The highest BCUT2D eigenvalue weighted by Gasteiger charge is 2.19. The molecule has 1 atom stereocenters. The summed E-state index contributed by atoms with van der Waals surface area (Å²) in [7, 11) is 1.68. The van der Waals surface area contributed by atoms with Gasteiger partial charge in [0.25, 0.3) is 0 Å². The average Bonchev–Trinajstić information content (AvgIpc) is 3.38. The summed E-state index contributed by atoms with van der Waals surface area (Å²) in [5, 5.41) is 17.5. The number of methoxy groups -OCH3 is 1. The zero-order chi connectivity index (χ0) is 20.5. The van der Waals surface area contributed by atoms with Crippen LogP contribution in [0.4, 0.5) is 5.82 Å². The van der Waals surface area contributed by atoms with E-state index in [9.17, 15) is 0 Å². The number of rotatable bonds is 6. The van der Waals surface area contributed by atoms with E-state index in [0.29, 0.717) is 6.54 Å². The van der Waals surface area contributed by atoms with Crippen LogP contribution in [0.15, 0.2) is 66.9 Å². The molecular formula is C23H22N6O. The lowest BCUT2D eigenvalue weighted by molar-refractivity contribution is 0.414. The van der Waals surface area contributed by atoms with Crippen molar-refractivity contribution in [2.75, 3.05) is 19.0 Å². The first-order chi connectivity index (χ1) is 14.7. The summed E-state index contributed by atoms with van der Waals surface area (Å²) in [6, 6.07) is 20.5. The van der Waals surface area contributed by atoms with E-state index in [1.807, 2.05) is 37.3 Å². The Bertz CT molecular complexity index is 1300. The highest BCUT2D eigenvalue weighted by Crippen LogP contribution is 2.32.